The lowest BCUT2D eigenvalue weighted by Gasteiger charge is -2.16. The Bertz CT molecular complexity index is 413. The molecule has 3 unspecified atom stereocenters. The molecule has 0 N–H and O–H groups in total. The maximum atomic E-state index is 12.1. The van der Waals surface area contributed by atoms with Crippen molar-refractivity contribution in [1.29, 1.82) is 0 Å². The van der Waals surface area contributed by atoms with Crippen molar-refractivity contribution in [2.45, 2.75) is 37.9 Å². The van der Waals surface area contributed by atoms with Crippen LogP contribution in [0.15, 0.2) is 12.3 Å². The van der Waals surface area contributed by atoms with Crippen LogP contribution in [0.1, 0.15) is 25.0 Å². The second kappa shape index (κ2) is 3.70. The molecule has 3 heterocycles. The van der Waals surface area contributed by atoms with Crippen molar-refractivity contribution < 1.29 is 9.53 Å². The molecule has 0 spiro atoms. The summed E-state index contributed by atoms with van der Waals surface area (Å²) in [5, 5.41) is 4.24. The molecule has 2 fully saturated rings. The number of hydrogen-bond acceptors (Lipinski definition) is 3. The van der Waals surface area contributed by atoms with Gasteiger partial charge in [-0.25, -0.2) is 0 Å². The Morgan fingerprint density at radius 1 is 1.62 bits per heavy atom. The molecule has 3 atom stereocenters. The highest BCUT2D eigenvalue weighted by atomic mass is 16.5. The van der Waals surface area contributed by atoms with Gasteiger partial charge in [-0.1, -0.05) is 0 Å². The number of ketones is 1. The maximum absolute atomic E-state index is 12.1. The van der Waals surface area contributed by atoms with Crippen LogP contribution in [-0.4, -0.2) is 27.8 Å². The second-order valence-corrected chi connectivity index (χ2v) is 4.84. The Labute approximate surface area is 94.6 Å². The lowest BCUT2D eigenvalue weighted by atomic mass is 9.85. The monoisotopic (exact) mass is 220 g/mol. The SMILES string of the molecule is Cn1ccc(CC(=O)C2CC3CCC2O3)n1. The minimum Gasteiger partial charge on any atom is -0.374 e. The quantitative estimate of drug-likeness (QED) is 0.766. The Morgan fingerprint density at radius 3 is 3.06 bits per heavy atom. The summed E-state index contributed by atoms with van der Waals surface area (Å²) in [5.41, 5.74) is 0.871. The fraction of sp³-hybridized carbons (Fsp3) is 0.667. The molecule has 3 rings (SSSR count). The number of aryl methyl sites for hydroxylation is 1. The van der Waals surface area contributed by atoms with Gasteiger partial charge in [0.1, 0.15) is 5.78 Å². The summed E-state index contributed by atoms with van der Waals surface area (Å²) in [6.07, 6.45) is 6.00. The average molecular weight is 220 g/mol. The van der Waals surface area contributed by atoms with E-state index >= 15 is 0 Å². The molecule has 0 saturated carbocycles. The predicted octanol–water partition coefficient (Wildman–Crippen LogP) is 1.10. The van der Waals surface area contributed by atoms with Gasteiger partial charge in [0.25, 0.3) is 0 Å². The van der Waals surface area contributed by atoms with Gasteiger partial charge in [-0.05, 0) is 25.3 Å². The van der Waals surface area contributed by atoms with Crippen molar-refractivity contribution in [3.8, 4) is 0 Å². The van der Waals surface area contributed by atoms with Crippen LogP contribution in [0.25, 0.3) is 0 Å². The number of carbonyl (C=O) groups excluding carboxylic acids is 1. The molecule has 0 aliphatic carbocycles. The summed E-state index contributed by atoms with van der Waals surface area (Å²) >= 11 is 0. The van der Waals surface area contributed by atoms with E-state index < -0.39 is 0 Å². The van der Waals surface area contributed by atoms with Gasteiger partial charge in [-0.15, -0.1) is 0 Å². The van der Waals surface area contributed by atoms with E-state index in [1.165, 1.54) is 0 Å². The number of fused-ring (bicyclic) bond motifs is 2. The molecule has 0 amide bonds. The number of carbonyl (C=O) groups is 1. The van der Waals surface area contributed by atoms with E-state index in [2.05, 4.69) is 5.10 Å². The molecule has 2 saturated heterocycles. The van der Waals surface area contributed by atoms with Gasteiger partial charge in [0.15, 0.2) is 0 Å². The minimum atomic E-state index is 0.126. The third-order valence-corrected chi connectivity index (χ3v) is 3.64. The standard InChI is InChI=1S/C12H16N2O2/c1-14-5-4-8(13-14)6-11(15)10-7-9-2-3-12(10)16-9/h4-5,9-10,12H,2-3,6-7H2,1H3. The number of Topliss-reactive ketones (excluding diaryl/α,β-unsaturated/α-hetero) is 1. The third-order valence-electron chi connectivity index (χ3n) is 3.64. The first kappa shape index (κ1) is 10.0. The molecule has 86 valence electrons. The molecule has 0 radical (unpaired) electrons. The number of nitrogens with zero attached hydrogens (tertiary/aromatic N) is 2. The largest absolute Gasteiger partial charge is 0.374 e. The highest BCUT2D eigenvalue weighted by molar-refractivity contribution is 5.83. The summed E-state index contributed by atoms with van der Waals surface area (Å²) < 4.78 is 7.44. The molecular weight excluding hydrogens is 204 g/mol. The lowest BCUT2D eigenvalue weighted by Crippen LogP contribution is -2.26. The molecule has 1 aromatic heterocycles. The molecule has 0 aromatic carbocycles. The Kier molecular flexibility index (Phi) is 2.32. The average Bonchev–Trinajstić information content (AvgIpc) is 2.93. The Morgan fingerprint density at radius 2 is 2.50 bits per heavy atom. The van der Waals surface area contributed by atoms with Crippen molar-refractivity contribution >= 4 is 5.78 Å². The summed E-state index contributed by atoms with van der Waals surface area (Å²) in [5.74, 6) is 0.423. The van der Waals surface area contributed by atoms with Crippen LogP contribution in [0.3, 0.4) is 0 Å². The molecule has 16 heavy (non-hydrogen) atoms. The third kappa shape index (κ3) is 1.67. The molecule has 4 nitrogen and oxygen atoms in total. The number of hydrogen-bond donors (Lipinski definition) is 0. The second-order valence-electron chi connectivity index (χ2n) is 4.84. The Balaban J connectivity index is 1.65. The van der Waals surface area contributed by atoms with E-state index in [4.69, 9.17) is 4.74 Å². The number of rotatable bonds is 3. The minimum absolute atomic E-state index is 0.126. The van der Waals surface area contributed by atoms with E-state index in [9.17, 15) is 4.79 Å². The first-order valence-corrected chi connectivity index (χ1v) is 5.89. The molecule has 2 aliphatic heterocycles. The number of ether oxygens (including phenoxy) is 1. The topological polar surface area (TPSA) is 44.1 Å². The van der Waals surface area contributed by atoms with Crippen LogP contribution in [0.2, 0.25) is 0 Å². The van der Waals surface area contributed by atoms with E-state index in [1.54, 1.807) is 4.68 Å². The van der Waals surface area contributed by atoms with Crippen molar-refractivity contribution in [2.24, 2.45) is 13.0 Å². The molecule has 1 aromatic rings. The zero-order valence-electron chi connectivity index (χ0n) is 9.43. The number of aromatic nitrogens is 2. The van der Waals surface area contributed by atoms with Gasteiger partial charge in [0, 0.05) is 19.2 Å². The van der Waals surface area contributed by atoms with Crippen LogP contribution in [0.4, 0.5) is 0 Å². The molecule has 2 aliphatic rings. The van der Waals surface area contributed by atoms with Gasteiger partial charge >= 0.3 is 0 Å². The van der Waals surface area contributed by atoms with Crippen LogP contribution in [0, 0.1) is 5.92 Å². The summed E-state index contributed by atoms with van der Waals surface area (Å²) in [7, 11) is 1.87. The van der Waals surface area contributed by atoms with Gasteiger partial charge in [0.2, 0.25) is 0 Å². The van der Waals surface area contributed by atoms with E-state index in [0.717, 1.165) is 25.0 Å². The first-order chi connectivity index (χ1) is 7.72. The smallest absolute Gasteiger partial charge is 0.144 e. The molecule has 2 bridgehead atoms. The normalized spacial score (nSPS) is 32.2. The van der Waals surface area contributed by atoms with Gasteiger partial charge in [-0.2, -0.15) is 5.10 Å². The van der Waals surface area contributed by atoms with Gasteiger partial charge in [-0.3, -0.25) is 9.48 Å². The lowest BCUT2D eigenvalue weighted by molar-refractivity contribution is -0.123. The summed E-state index contributed by atoms with van der Waals surface area (Å²) in [6.45, 7) is 0. The van der Waals surface area contributed by atoms with Crippen LogP contribution < -0.4 is 0 Å². The highest BCUT2D eigenvalue weighted by Crippen LogP contribution is 2.39. The summed E-state index contributed by atoms with van der Waals surface area (Å²) in [6, 6.07) is 1.91. The van der Waals surface area contributed by atoms with Crippen LogP contribution in [0.5, 0.6) is 0 Å². The zero-order chi connectivity index (χ0) is 11.1. The van der Waals surface area contributed by atoms with E-state index in [0.29, 0.717) is 18.3 Å². The fourth-order valence-corrected chi connectivity index (χ4v) is 2.84. The van der Waals surface area contributed by atoms with Crippen molar-refractivity contribution in [3.05, 3.63) is 18.0 Å². The van der Waals surface area contributed by atoms with Crippen molar-refractivity contribution in [1.82, 2.24) is 9.78 Å². The fourth-order valence-electron chi connectivity index (χ4n) is 2.84. The first-order valence-electron chi connectivity index (χ1n) is 5.89. The van der Waals surface area contributed by atoms with Crippen molar-refractivity contribution in [3.63, 3.8) is 0 Å². The highest BCUT2D eigenvalue weighted by Gasteiger charge is 2.43. The van der Waals surface area contributed by atoms with Gasteiger partial charge in [0.05, 0.1) is 24.3 Å². The van der Waals surface area contributed by atoms with Gasteiger partial charge < -0.3 is 4.74 Å². The van der Waals surface area contributed by atoms with Crippen LogP contribution >= 0.6 is 0 Å². The van der Waals surface area contributed by atoms with Crippen LogP contribution in [-0.2, 0) is 23.0 Å². The zero-order valence-corrected chi connectivity index (χ0v) is 9.43. The Hall–Kier alpha value is -1.16. The molecule has 4 heteroatoms. The maximum Gasteiger partial charge on any atom is 0.144 e. The van der Waals surface area contributed by atoms with E-state index in [1.807, 2.05) is 19.3 Å². The van der Waals surface area contributed by atoms with Crippen molar-refractivity contribution in [2.75, 3.05) is 0 Å². The van der Waals surface area contributed by atoms with E-state index in [-0.39, 0.29) is 12.0 Å². The predicted molar refractivity (Wildman–Crippen MR) is 57.9 cm³/mol. The molecular formula is C12H16N2O2. The summed E-state index contributed by atoms with van der Waals surface area (Å²) in [4.78, 5) is 12.1.